The van der Waals surface area contributed by atoms with Crippen LogP contribution in [0.5, 0.6) is 5.75 Å². The van der Waals surface area contributed by atoms with E-state index in [1.807, 2.05) is 17.0 Å². The highest BCUT2D eigenvalue weighted by molar-refractivity contribution is 7.91. The number of carbonyl (C=O) groups excluding carboxylic acids is 1. The van der Waals surface area contributed by atoms with Crippen LogP contribution in [-0.4, -0.2) is 56.8 Å². The fraction of sp³-hybridized carbons (Fsp3) is 0.500. The molecule has 1 aromatic carbocycles. The Bertz CT molecular complexity index is 625. The monoisotopic (exact) mass is 295 g/mol. The summed E-state index contributed by atoms with van der Waals surface area (Å²) in [6, 6.07) is 5.52. The van der Waals surface area contributed by atoms with Gasteiger partial charge in [-0.15, -0.1) is 0 Å². The highest BCUT2D eigenvalue weighted by Crippen LogP contribution is 2.26. The number of benzene rings is 1. The maximum atomic E-state index is 12.2. The highest BCUT2D eigenvalue weighted by atomic mass is 32.2. The zero-order valence-electron chi connectivity index (χ0n) is 11.2. The van der Waals surface area contributed by atoms with Crippen molar-refractivity contribution in [3.05, 3.63) is 29.3 Å². The molecule has 0 spiro atoms. The number of ether oxygens (including phenoxy) is 1. The molecular weight excluding hydrogens is 278 g/mol. The van der Waals surface area contributed by atoms with Gasteiger partial charge < -0.3 is 4.74 Å². The van der Waals surface area contributed by atoms with Gasteiger partial charge in [0.25, 0.3) is 0 Å². The molecular formula is C14H17NO4S. The van der Waals surface area contributed by atoms with E-state index in [0.29, 0.717) is 25.3 Å². The van der Waals surface area contributed by atoms with E-state index in [-0.39, 0.29) is 23.8 Å². The van der Waals surface area contributed by atoms with Crippen LogP contribution in [-0.2, 0) is 16.3 Å². The van der Waals surface area contributed by atoms with Gasteiger partial charge in [-0.25, -0.2) is 8.42 Å². The number of Topliss-reactive ketones (excluding diaryl/α,β-unsaturated/α-hetero) is 1. The first kappa shape index (κ1) is 13.6. The number of hydrogen-bond donors (Lipinski definition) is 0. The molecule has 0 saturated carbocycles. The Balaban J connectivity index is 1.65. The van der Waals surface area contributed by atoms with E-state index in [2.05, 4.69) is 0 Å². The second-order valence-corrected chi connectivity index (χ2v) is 7.58. The van der Waals surface area contributed by atoms with Crippen LogP contribution in [0.25, 0.3) is 0 Å². The number of rotatable bonds is 3. The van der Waals surface area contributed by atoms with Crippen molar-refractivity contribution in [3.63, 3.8) is 0 Å². The minimum absolute atomic E-state index is 0.0407. The molecule has 1 aromatic rings. The predicted octanol–water partition coefficient (Wildman–Crippen LogP) is 0.535. The van der Waals surface area contributed by atoms with Gasteiger partial charge in [-0.3, -0.25) is 9.69 Å². The van der Waals surface area contributed by atoms with E-state index < -0.39 is 9.84 Å². The van der Waals surface area contributed by atoms with Crippen LogP contribution in [0.3, 0.4) is 0 Å². The molecule has 0 bridgehead atoms. The van der Waals surface area contributed by atoms with Gasteiger partial charge in [-0.05, 0) is 23.8 Å². The molecule has 0 atom stereocenters. The standard InChI is InChI=1S/C14H17NO4S/c16-13(10-15-4-7-20(17,18)8-5-15)11-1-2-14-12(9-11)3-6-19-14/h1-2,9H,3-8,10H2. The Hall–Kier alpha value is -1.40. The van der Waals surface area contributed by atoms with Crippen LogP contribution in [0, 0.1) is 0 Å². The summed E-state index contributed by atoms with van der Waals surface area (Å²) in [6.07, 6.45) is 0.846. The Kier molecular flexibility index (Phi) is 3.52. The summed E-state index contributed by atoms with van der Waals surface area (Å²) in [5.74, 6) is 1.21. The van der Waals surface area contributed by atoms with E-state index in [9.17, 15) is 13.2 Å². The van der Waals surface area contributed by atoms with E-state index in [1.54, 1.807) is 6.07 Å². The number of hydrogen-bond acceptors (Lipinski definition) is 5. The van der Waals surface area contributed by atoms with Crippen LogP contribution in [0.4, 0.5) is 0 Å². The van der Waals surface area contributed by atoms with Gasteiger partial charge in [0, 0.05) is 25.1 Å². The van der Waals surface area contributed by atoms with Crippen LogP contribution >= 0.6 is 0 Å². The third-order valence-corrected chi connectivity index (χ3v) is 5.42. The maximum absolute atomic E-state index is 12.2. The minimum Gasteiger partial charge on any atom is -0.493 e. The molecule has 0 aromatic heterocycles. The molecule has 0 N–H and O–H groups in total. The quantitative estimate of drug-likeness (QED) is 0.761. The number of nitrogens with zero attached hydrogens (tertiary/aromatic N) is 1. The summed E-state index contributed by atoms with van der Waals surface area (Å²) < 4.78 is 28.1. The predicted molar refractivity (Wildman–Crippen MR) is 75.1 cm³/mol. The Morgan fingerprint density at radius 2 is 2.00 bits per heavy atom. The Morgan fingerprint density at radius 1 is 1.25 bits per heavy atom. The van der Waals surface area contributed by atoms with Gasteiger partial charge in [0.1, 0.15) is 5.75 Å². The average molecular weight is 295 g/mol. The maximum Gasteiger partial charge on any atom is 0.176 e. The number of sulfone groups is 1. The molecule has 0 unspecified atom stereocenters. The van der Waals surface area contributed by atoms with E-state index in [1.165, 1.54) is 0 Å². The fourth-order valence-corrected chi connectivity index (χ4v) is 3.84. The van der Waals surface area contributed by atoms with Gasteiger partial charge in [-0.2, -0.15) is 0 Å². The summed E-state index contributed by atoms with van der Waals surface area (Å²) in [5, 5.41) is 0. The Labute approximate surface area is 118 Å². The largest absolute Gasteiger partial charge is 0.493 e. The van der Waals surface area contributed by atoms with Gasteiger partial charge in [-0.1, -0.05) is 0 Å². The van der Waals surface area contributed by atoms with Crippen LogP contribution in [0.1, 0.15) is 15.9 Å². The molecule has 2 heterocycles. The number of ketones is 1. The zero-order valence-corrected chi connectivity index (χ0v) is 12.0. The molecule has 0 amide bonds. The van der Waals surface area contributed by atoms with Gasteiger partial charge in [0.2, 0.25) is 0 Å². The van der Waals surface area contributed by atoms with Crippen molar-refractivity contribution in [2.75, 3.05) is 37.7 Å². The molecule has 3 rings (SSSR count). The van der Waals surface area contributed by atoms with Gasteiger partial charge >= 0.3 is 0 Å². The summed E-state index contributed by atoms with van der Waals surface area (Å²) in [4.78, 5) is 14.2. The fourth-order valence-electron chi connectivity index (χ4n) is 2.56. The Morgan fingerprint density at radius 3 is 2.75 bits per heavy atom. The third kappa shape index (κ3) is 2.86. The molecule has 0 radical (unpaired) electrons. The van der Waals surface area contributed by atoms with E-state index >= 15 is 0 Å². The van der Waals surface area contributed by atoms with Crippen LogP contribution in [0.2, 0.25) is 0 Å². The van der Waals surface area contributed by atoms with Crippen molar-refractivity contribution < 1.29 is 17.9 Å². The van der Waals surface area contributed by atoms with Crippen molar-refractivity contribution in [1.82, 2.24) is 4.90 Å². The highest BCUT2D eigenvalue weighted by Gasteiger charge is 2.24. The molecule has 1 saturated heterocycles. The smallest absolute Gasteiger partial charge is 0.176 e. The minimum atomic E-state index is -2.89. The van der Waals surface area contributed by atoms with Crippen molar-refractivity contribution >= 4 is 15.6 Å². The number of carbonyl (C=O) groups is 1. The van der Waals surface area contributed by atoms with Crippen molar-refractivity contribution in [3.8, 4) is 5.75 Å². The summed E-state index contributed by atoms with van der Waals surface area (Å²) in [7, 11) is -2.89. The normalized spacial score (nSPS) is 21.2. The molecule has 6 heteroatoms. The average Bonchev–Trinajstić information content (AvgIpc) is 2.88. The molecule has 1 fully saturated rings. The number of fused-ring (bicyclic) bond motifs is 1. The first-order valence-electron chi connectivity index (χ1n) is 6.75. The molecule has 108 valence electrons. The topological polar surface area (TPSA) is 63.7 Å². The first-order valence-corrected chi connectivity index (χ1v) is 8.57. The van der Waals surface area contributed by atoms with Gasteiger partial charge in [0.15, 0.2) is 15.6 Å². The molecule has 2 aliphatic heterocycles. The molecule has 2 aliphatic rings. The summed E-state index contributed by atoms with van der Waals surface area (Å²) >= 11 is 0. The van der Waals surface area contributed by atoms with Crippen LogP contribution < -0.4 is 4.74 Å². The molecule has 0 aliphatic carbocycles. The van der Waals surface area contributed by atoms with Crippen LogP contribution in [0.15, 0.2) is 18.2 Å². The summed E-state index contributed by atoms with van der Waals surface area (Å²) in [6.45, 7) is 1.86. The van der Waals surface area contributed by atoms with Crippen molar-refractivity contribution in [2.45, 2.75) is 6.42 Å². The lowest BCUT2D eigenvalue weighted by atomic mass is 10.1. The first-order chi connectivity index (χ1) is 9.53. The second kappa shape index (κ2) is 5.18. The third-order valence-electron chi connectivity index (χ3n) is 3.82. The lowest BCUT2D eigenvalue weighted by Crippen LogP contribution is -2.42. The molecule has 20 heavy (non-hydrogen) atoms. The molecule has 5 nitrogen and oxygen atoms in total. The zero-order chi connectivity index (χ0) is 14.2. The van der Waals surface area contributed by atoms with E-state index in [4.69, 9.17) is 4.74 Å². The SMILES string of the molecule is O=C(CN1CCS(=O)(=O)CC1)c1ccc2c(c1)CCO2. The lowest BCUT2D eigenvalue weighted by Gasteiger charge is -2.25. The summed E-state index contributed by atoms with van der Waals surface area (Å²) in [5.41, 5.74) is 1.76. The van der Waals surface area contributed by atoms with Crippen molar-refractivity contribution in [2.24, 2.45) is 0 Å². The van der Waals surface area contributed by atoms with Crippen molar-refractivity contribution in [1.29, 1.82) is 0 Å². The second-order valence-electron chi connectivity index (χ2n) is 5.27. The van der Waals surface area contributed by atoms with Gasteiger partial charge in [0.05, 0.1) is 24.7 Å². The lowest BCUT2D eigenvalue weighted by molar-refractivity contribution is 0.0936. The van der Waals surface area contributed by atoms with E-state index in [0.717, 1.165) is 17.7 Å².